The molecule has 0 atom stereocenters. The smallest absolute Gasteiger partial charge is 0.196 e. The van der Waals surface area contributed by atoms with Crippen molar-refractivity contribution >= 4 is 0 Å². The first kappa shape index (κ1) is 12.8. The fourth-order valence-corrected chi connectivity index (χ4v) is 2.25. The minimum atomic E-state index is 0.560. The largest absolute Gasteiger partial charge is 0.441 e. The fourth-order valence-electron chi connectivity index (χ4n) is 2.25. The van der Waals surface area contributed by atoms with Crippen molar-refractivity contribution < 1.29 is 4.42 Å². The summed E-state index contributed by atoms with van der Waals surface area (Å²) in [5.74, 6) is 1.56. The van der Waals surface area contributed by atoms with Gasteiger partial charge in [-0.05, 0) is 49.9 Å². The number of aromatic nitrogens is 1. The van der Waals surface area contributed by atoms with Crippen LogP contribution in [0.3, 0.4) is 0 Å². The van der Waals surface area contributed by atoms with E-state index in [1.807, 2.05) is 0 Å². The van der Waals surface area contributed by atoms with Gasteiger partial charge in [0, 0.05) is 18.5 Å². The van der Waals surface area contributed by atoms with Crippen LogP contribution in [0, 0.1) is 27.7 Å². The van der Waals surface area contributed by atoms with E-state index in [2.05, 4.69) is 38.7 Å². The standard InChI is InChI=1S/C15H20N2O/c1-9-7-10(2)12(4)15(11(9)3)13-8-17-14(18-13)5-6-16/h7-8H,5-6,16H2,1-4H3. The Bertz CT molecular complexity index is 544. The zero-order valence-corrected chi connectivity index (χ0v) is 11.5. The molecule has 0 radical (unpaired) electrons. The molecule has 1 aromatic carbocycles. The normalized spacial score (nSPS) is 10.9. The summed E-state index contributed by atoms with van der Waals surface area (Å²) in [7, 11) is 0. The van der Waals surface area contributed by atoms with Crippen LogP contribution in [0.5, 0.6) is 0 Å². The maximum absolute atomic E-state index is 5.79. The van der Waals surface area contributed by atoms with Crippen molar-refractivity contribution in [1.82, 2.24) is 4.98 Å². The van der Waals surface area contributed by atoms with E-state index in [0.717, 1.165) is 5.76 Å². The molecule has 18 heavy (non-hydrogen) atoms. The third-order valence-corrected chi connectivity index (χ3v) is 3.52. The molecule has 0 amide bonds. The predicted octanol–water partition coefficient (Wildman–Crippen LogP) is 3.08. The van der Waals surface area contributed by atoms with Crippen LogP contribution in [-0.2, 0) is 6.42 Å². The van der Waals surface area contributed by atoms with Crippen molar-refractivity contribution in [3.05, 3.63) is 40.4 Å². The molecule has 2 rings (SSSR count). The van der Waals surface area contributed by atoms with E-state index < -0.39 is 0 Å². The van der Waals surface area contributed by atoms with Gasteiger partial charge in [-0.1, -0.05) is 6.07 Å². The molecular weight excluding hydrogens is 224 g/mol. The van der Waals surface area contributed by atoms with Crippen molar-refractivity contribution in [3.63, 3.8) is 0 Å². The predicted molar refractivity (Wildman–Crippen MR) is 73.6 cm³/mol. The highest BCUT2D eigenvalue weighted by molar-refractivity contribution is 5.68. The summed E-state index contributed by atoms with van der Waals surface area (Å²) < 4.78 is 5.79. The van der Waals surface area contributed by atoms with Crippen LogP contribution in [0.4, 0.5) is 0 Å². The average molecular weight is 244 g/mol. The van der Waals surface area contributed by atoms with Crippen LogP contribution >= 0.6 is 0 Å². The second-order valence-corrected chi connectivity index (χ2v) is 4.79. The zero-order chi connectivity index (χ0) is 13.3. The number of nitrogens with two attached hydrogens (primary N) is 1. The summed E-state index contributed by atoms with van der Waals surface area (Å²) >= 11 is 0. The quantitative estimate of drug-likeness (QED) is 0.902. The van der Waals surface area contributed by atoms with Crippen molar-refractivity contribution in [3.8, 4) is 11.3 Å². The molecule has 2 N–H and O–H groups in total. The van der Waals surface area contributed by atoms with Crippen molar-refractivity contribution in [2.45, 2.75) is 34.1 Å². The van der Waals surface area contributed by atoms with Gasteiger partial charge in [-0.15, -0.1) is 0 Å². The summed E-state index contributed by atoms with van der Waals surface area (Å²) in [6, 6.07) is 2.21. The summed E-state index contributed by atoms with van der Waals surface area (Å²) in [6.45, 7) is 9.07. The Morgan fingerprint density at radius 3 is 2.28 bits per heavy atom. The molecule has 0 saturated heterocycles. The molecular formula is C15H20N2O. The summed E-state index contributed by atoms with van der Waals surface area (Å²) in [6.07, 6.45) is 2.49. The topological polar surface area (TPSA) is 52.0 Å². The third kappa shape index (κ3) is 2.18. The first-order chi connectivity index (χ1) is 8.54. The van der Waals surface area contributed by atoms with Gasteiger partial charge in [0.25, 0.3) is 0 Å². The molecule has 1 aromatic heterocycles. The van der Waals surface area contributed by atoms with Crippen LogP contribution in [0.1, 0.15) is 28.1 Å². The van der Waals surface area contributed by atoms with E-state index in [0.29, 0.717) is 18.9 Å². The Labute approximate surface area is 108 Å². The fraction of sp³-hybridized carbons (Fsp3) is 0.400. The minimum Gasteiger partial charge on any atom is -0.441 e. The van der Waals surface area contributed by atoms with Gasteiger partial charge in [-0.2, -0.15) is 0 Å². The molecule has 0 bridgehead atoms. The Kier molecular flexibility index (Phi) is 3.53. The van der Waals surface area contributed by atoms with Gasteiger partial charge >= 0.3 is 0 Å². The Morgan fingerprint density at radius 1 is 1.11 bits per heavy atom. The maximum atomic E-state index is 5.79. The molecule has 3 heteroatoms. The van der Waals surface area contributed by atoms with Crippen LogP contribution in [0.25, 0.3) is 11.3 Å². The number of rotatable bonds is 3. The molecule has 3 nitrogen and oxygen atoms in total. The number of aryl methyl sites for hydroxylation is 2. The lowest BCUT2D eigenvalue weighted by atomic mass is 9.93. The lowest BCUT2D eigenvalue weighted by Crippen LogP contribution is -2.02. The molecule has 1 heterocycles. The van der Waals surface area contributed by atoms with E-state index in [1.165, 1.54) is 27.8 Å². The number of benzene rings is 1. The Balaban J connectivity index is 2.55. The highest BCUT2D eigenvalue weighted by Gasteiger charge is 2.14. The van der Waals surface area contributed by atoms with Gasteiger partial charge in [-0.25, -0.2) is 4.98 Å². The molecule has 0 fully saturated rings. The van der Waals surface area contributed by atoms with Gasteiger partial charge < -0.3 is 10.2 Å². The van der Waals surface area contributed by atoms with Crippen molar-refractivity contribution in [2.75, 3.05) is 6.54 Å². The SMILES string of the molecule is Cc1cc(C)c(C)c(-c2cnc(CCN)o2)c1C. The average Bonchev–Trinajstić information content (AvgIpc) is 2.76. The highest BCUT2D eigenvalue weighted by atomic mass is 16.4. The van der Waals surface area contributed by atoms with E-state index in [4.69, 9.17) is 10.2 Å². The molecule has 0 saturated carbocycles. The van der Waals surface area contributed by atoms with E-state index in [9.17, 15) is 0 Å². The zero-order valence-electron chi connectivity index (χ0n) is 11.5. The number of hydrogen-bond donors (Lipinski definition) is 1. The van der Waals surface area contributed by atoms with Gasteiger partial charge in [0.15, 0.2) is 11.7 Å². The van der Waals surface area contributed by atoms with Crippen LogP contribution in [0.15, 0.2) is 16.7 Å². The first-order valence-corrected chi connectivity index (χ1v) is 6.27. The molecule has 96 valence electrons. The third-order valence-electron chi connectivity index (χ3n) is 3.52. The van der Waals surface area contributed by atoms with Crippen LogP contribution < -0.4 is 5.73 Å². The summed E-state index contributed by atoms with van der Waals surface area (Å²) in [4.78, 5) is 4.28. The Hall–Kier alpha value is -1.61. The lowest BCUT2D eigenvalue weighted by Gasteiger charge is -2.12. The van der Waals surface area contributed by atoms with E-state index >= 15 is 0 Å². The second-order valence-electron chi connectivity index (χ2n) is 4.79. The van der Waals surface area contributed by atoms with E-state index in [-0.39, 0.29) is 0 Å². The van der Waals surface area contributed by atoms with Gasteiger partial charge in [0.05, 0.1) is 6.20 Å². The number of hydrogen-bond acceptors (Lipinski definition) is 3. The van der Waals surface area contributed by atoms with Gasteiger partial charge in [0.2, 0.25) is 0 Å². The van der Waals surface area contributed by atoms with Crippen LogP contribution in [0.2, 0.25) is 0 Å². The Morgan fingerprint density at radius 2 is 1.72 bits per heavy atom. The molecule has 0 unspecified atom stereocenters. The minimum absolute atomic E-state index is 0.560. The second kappa shape index (κ2) is 4.94. The van der Waals surface area contributed by atoms with E-state index in [1.54, 1.807) is 6.20 Å². The van der Waals surface area contributed by atoms with Gasteiger partial charge in [-0.3, -0.25) is 0 Å². The maximum Gasteiger partial charge on any atom is 0.196 e. The molecule has 0 spiro atoms. The lowest BCUT2D eigenvalue weighted by molar-refractivity contribution is 0.507. The molecule has 0 aliphatic carbocycles. The number of nitrogens with zero attached hydrogens (tertiary/aromatic N) is 1. The van der Waals surface area contributed by atoms with Crippen molar-refractivity contribution in [1.29, 1.82) is 0 Å². The molecule has 0 aliphatic heterocycles. The first-order valence-electron chi connectivity index (χ1n) is 6.27. The summed E-state index contributed by atoms with van der Waals surface area (Å²) in [5.41, 5.74) is 11.8. The van der Waals surface area contributed by atoms with Crippen LogP contribution in [-0.4, -0.2) is 11.5 Å². The summed E-state index contributed by atoms with van der Waals surface area (Å²) in [5, 5.41) is 0. The molecule has 0 aliphatic rings. The van der Waals surface area contributed by atoms with Crippen molar-refractivity contribution in [2.24, 2.45) is 5.73 Å². The number of oxazole rings is 1. The molecule has 2 aromatic rings. The van der Waals surface area contributed by atoms with Gasteiger partial charge in [0.1, 0.15) is 0 Å². The monoisotopic (exact) mass is 244 g/mol. The highest BCUT2D eigenvalue weighted by Crippen LogP contribution is 2.31.